The van der Waals surface area contributed by atoms with Crippen molar-refractivity contribution in [2.24, 2.45) is 0 Å². The highest BCUT2D eigenvalue weighted by atomic mass is 16.5. The van der Waals surface area contributed by atoms with Crippen LogP contribution in [0.15, 0.2) is 24.3 Å². The van der Waals surface area contributed by atoms with Crippen molar-refractivity contribution in [2.45, 2.75) is 53.4 Å². The van der Waals surface area contributed by atoms with E-state index in [0.29, 0.717) is 13.2 Å². The first-order valence-electron chi connectivity index (χ1n) is 9.13. The number of unbranched alkanes of at least 4 members (excludes halogenated alkanes) is 2. The predicted octanol–water partition coefficient (Wildman–Crippen LogP) is 4.64. The highest BCUT2D eigenvalue weighted by Crippen LogP contribution is 2.12. The van der Waals surface area contributed by atoms with Gasteiger partial charge >= 0.3 is 11.9 Å². The van der Waals surface area contributed by atoms with Gasteiger partial charge in [0.2, 0.25) is 0 Å². The fraction of sp³-hybridized carbons (Fsp3) is 0.600. The van der Waals surface area contributed by atoms with Gasteiger partial charge in [0.25, 0.3) is 0 Å². The molecule has 0 atom stereocenters. The molecule has 25 heavy (non-hydrogen) atoms. The molecule has 0 aliphatic heterocycles. The van der Waals surface area contributed by atoms with Crippen LogP contribution < -0.4 is 0 Å². The van der Waals surface area contributed by atoms with Crippen LogP contribution in [0.1, 0.15) is 74.1 Å². The van der Waals surface area contributed by atoms with Gasteiger partial charge in [-0.25, -0.2) is 9.59 Å². The number of carbonyl (C=O) groups excluding carboxylic acids is 2. The Kier molecular flexibility index (Phi) is 14.5. The molecule has 0 spiro atoms. The van der Waals surface area contributed by atoms with E-state index in [1.165, 1.54) is 0 Å². The zero-order chi connectivity index (χ0) is 18.9. The summed E-state index contributed by atoms with van der Waals surface area (Å²) in [5.41, 5.74) is 0.537. The Hall–Kier alpha value is -1.88. The molecule has 0 radical (unpaired) electrons. The van der Waals surface area contributed by atoms with Crippen LogP contribution in [0, 0.1) is 0 Å². The third-order valence-corrected chi connectivity index (χ3v) is 3.24. The fourth-order valence-electron chi connectivity index (χ4n) is 1.82. The fourth-order valence-corrected chi connectivity index (χ4v) is 1.82. The standard InChI is InChI=1S/C16H22O4.C4H10O/c1-3-5-11-19-15(17)13-9-7-8-10-14(13)16(18)20-12-6-4-2;1-3-5-4-2/h7-10H,3-6,11-12H2,1-2H3;3-4H2,1-2H3. The smallest absolute Gasteiger partial charge is 0.339 e. The molecule has 1 aromatic rings. The number of ether oxygens (including phenoxy) is 3. The van der Waals surface area contributed by atoms with Crippen molar-refractivity contribution in [1.29, 1.82) is 0 Å². The van der Waals surface area contributed by atoms with Crippen LogP contribution in [0.3, 0.4) is 0 Å². The summed E-state index contributed by atoms with van der Waals surface area (Å²) < 4.78 is 15.1. The summed E-state index contributed by atoms with van der Waals surface area (Å²) in [5, 5.41) is 0. The highest BCUT2D eigenvalue weighted by Gasteiger charge is 2.18. The van der Waals surface area contributed by atoms with Crippen LogP contribution in [-0.2, 0) is 14.2 Å². The van der Waals surface area contributed by atoms with Gasteiger partial charge in [-0.1, -0.05) is 38.8 Å². The third kappa shape index (κ3) is 10.6. The summed E-state index contributed by atoms with van der Waals surface area (Å²) in [5.74, 6) is -0.942. The molecule has 0 aliphatic rings. The van der Waals surface area contributed by atoms with Gasteiger partial charge in [0.05, 0.1) is 24.3 Å². The van der Waals surface area contributed by atoms with Crippen LogP contribution in [0.4, 0.5) is 0 Å². The summed E-state index contributed by atoms with van der Waals surface area (Å²) >= 11 is 0. The SMILES string of the molecule is CCCCOC(=O)c1ccccc1C(=O)OCCCC.CCOCC. The van der Waals surface area contributed by atoms with Crippen molar-refractivity contribution in [2.75, 3.05) is 26.4 Å². The molecule has 0 saturated heterocycles. The van der Waals surface area contributed by atoms with E-state index < -0.39 is 11.9 Å². The molecule has 0 bridgehead atoms. The summed E-state index contributed by atoms with van der Waals surface area (Å²) in [7, 11) is 0. The molecule has 0 N–H and O–H groups in total. The lowest BCUT2D eigenvalue weighted by Gasteiger charge is -2.09. The summed E-state index contributed by atoms with van der Waals surface area (Å²) in [4.78, 5) is 23.9. The third-order valence-electron chi connectivity index (χ3n) is 3.24. The molecule has 5 heteroatoms. The lowest BCUT2D eigenvalue weighted by Crippen LogP contribution is -2.14. The summed E-state index contributed by atoms with van der Waals surface area (Å²) in [6.07, 6.45) is 3.53. The molecule has 0 fully saturated rings. The minimum absolute atomic E-state index is 0.269. The van der Waals surface area contributed by atoms with Crippen LogP contribution in [-0.4, -0.2) is 38.4 Å². The van der Waals surface area contributed by atoms with Crippen molar-refractivity contribution in [1.82, 2.24) is 0 Å². The molecule has 0 unspecified atom stereocenters. The molecular formula is C20H32O5. The highest BCUT2D eigenvalue weighted by molar-refractivity contribution is 6.03. The molecular weight excluding hydrogens is 320 g/mol. The number of benzene rings is 1. The Labute approximate surface area is 151 Å². The van der Waals surface area contributed by atoms with Crippen LogP contribution in [0.2, 0.25) is 0 Å². The van der Waals surface area contributed by atoms with Crippen molar-refractivity contribution in [3.8, 4) is 0 Å². The average molecular weight is 352 g/mol. The van der Waals surface area contributed by atoms with Crippen molar-refractivity contribution in [3.05, 3.63) is 35.4 Å². The summed E-state index contributed by atoms with van der Waals surface area (Å²) in [6, 6.07) is 6.59. The topological polar surface area (TPSA) is 61.8 Å². The number of hydrogen-bond donors (Lipinski definition) is 0. The molecule has 142 valence electrons. The minimum atomic E-state index is -0.471. The van der Waals surface area contributed by atoms with Gasteiger partial charge in [-0.2, -0.15) is 0 Å². The zero-order valence-corrected chi connectivity index (χ0v) is 16.0. The average Bonchev–Trinajstić information content (AvgIpc) is 2.63. The van der Waals surface area contributed by atoms with E-state index in [1.807, 2.05) is 27.7 Å². The van der Waals surface area contributed by atoms with Crippen LogP contribution >= 0.6 is 0 Å². The second-order valence-corrected chi connectivity index (χ2v) is 5.31. The van der Waals surface area contributed by atoms with Crippen molar-refractivity contribution in [3.63, 3.8) is 0 Å². The lowest BCUT2D eigenvalue weighted by molar-refractivity contribution is 0.0452. The zero-order valence-electron chi connectivity index (χ0n) is 16.0. The quantitative estimate of drug-likeness (QED) is 0.453. The van der Waals surface area contributed by atoms with E-state index >= 15 is 0 Å². The number of hydrogen-bond acceptors (Lipinski definition) is 5. The largest absolute Gasteiger partial charge is 0.462 e. The maximum absolute atomic E-state index is 11.9. The van der Waals surface area contributed by atoms with E-state index in [1.54, 1.807) is 24.3 Å². The number of carbonyl (C=O) groups is 2. The van der Waals surface area contributed by atoms with Crippen molar-refractivity contribution < 1.29 is 23.8 Å². The molecule has 1 aromatic carbocycles. The predicted molar refractivity (Wildman–Crippen MR) is 99.0 cm³/mol. The normalized spacial score (nSPS) is 9.76. The lowest BCUT2D eigenvalue weighted by atomic mass is 10.1. The van der Waals surface area contributed by atoms with Crippen LogP contribution in [0.25, 0.3) is 0 Å². The first-order valence-corrected chi connectivity index (χ1v) is 9.13. The first kappa shape index (κ1) is 23.1. The van der Waals surface area contributed by atoms with E-state index in [4.69, 9.17) is 14.2 Å². The molecule has 0 saturated carbocycles. The Morgan fingerprint density at radius 3 is 1.44 bits per heavy atom. The van der Waals surface area contributed by atoms with Gasteiger partial charge in [-0.3, -0.25) is 0 Å². The molecule has 0 amide bonds. The van der Waals surface area contributed by atoms with Gasteiger partial charge in [0.15, 0.2) is 0 Å². The maximum Gasteiger partial charge on any atom is 0.339 e. The Balaban J connectivity index is 0.00000101. The van der Waals surface area contributed by atoms with Gasteiger partial charge < -0.3 is 14.2 Å². The van der Waals surface area contributed by atoms with Crippen molar-refractivity contribution >= 4 is 11.9 Å². The monoisotopic (exact) mass is 352 g/mol. The van der Waals surface area contributed by atoms with E-state index in [0.717, 1.165) is 38.9 Å². The second-order valence-electron chi connectivity index (χ2n) is 5.31. The van der Waals surface area contributed by atoms with Crippen LogP contribution in [0.5, 0.6) is 0 Å². The van der Waals surface area contributed by atoms with Gasteiger partial charge in [-0.15, -0.1) is 0 Å². The number of esters is 2. The minimum Gasteiger partial charge on any atom is -0.462 e. The second kappa shape index (κ2) is 15.6. The molecule has 0 aromatic heterocycles. The van der Waals surface area contributed by atoms with E-state index in [9.17, 15) is 9.59 Å². The molecule has 0 aliphatic carbocycles. The Morgan fingerprint density at radius 1 is 0.760 bits per heavy atom. The van der Waals surface area contributed by atoms with Gasteiger partial charge in [0, 0.05) is 13.2 Å². The number of rotatable bonds is 10. The molecule has 5 nitrogen and oxygen atoms in total. The van der Waals surface area contributed by atoms with Gasteiger partial charge in [0.1, 0.15) is 0 Å². The van der Waals surface area contributed by atoms with E-state index in [2.05, 4.69) is 0 Å². The first-order chi connectivity index (χ1) is 12.1. The Morgan fingerprint density at radius 2 is 1.16 bits per heavy atom. The molecule has 0 heterocycles. The van der Waals surface area contributed by atoms with E-state index in [-0.39, 0.29) is 11.1 Å². The van der Waals surface area contributed by atoms with Gasteiger partial charge in [-0.05, 0) is 38.8 Å². The Bertz CT molecular complexity index is 442. The molecule has 1 rings (SSSR count). The maximum atomic E-state index is 11.9. The summed E-state index contributed by atoms with van der Waals surface area (Å²) in [6.45, 7) is 10.4.